The van der Waals surface area contributed by atoms with Crippen molar-refractivity contribution in [1.82, 2.24) is 9.97 Å². The average molecular weight is 304 g/mol. The molecule has 7 heteroatoms. The SMILES string of the molecule is COc1c(N)cccc1-c1cnc(N=S2(=O)CCC2)cn1. The van der Waals surface area contributed by atoms with E-state index in [1.54, 1.807) is 19.4 Å². The zero-order valence-corrected chi connectivity index (χ0v) is 12.5. The standard InChI is InChI=1S/C14H16N4O2S/c1-20-14-10(4-2-5-11(14)15)12-8-17-13(9-16-12)18-21(19)6-3-7-21/h2,4-5,8-9H,3,6-7,15H2,1H3. The number of hydrogen-bond acceptors (Lipinski definition) is 6. The maximum Gasteiger partial charge on any atom is 0.180 e. The second-order valence-electron chi connectivity index (χ2n) is 4.81. The van der Waals surface area contributed by atoms with Crippen LogP contribution < -0.4 is 10.5 Å². The molecular formula is C14H16N4O2S. The van der Waals surface area contributed by atoms with Crippen molar-refractivity contribution >= 4 is 21.2 Å². The number of rotatable bonds is 3. The molecule has 2 N–H and O–H groups in total. The van der Waals surface area contributed by atoms with Crippen LogP contribution in [0.15, 0.2) is 35.0 Å². The van der Waals surface area contributed by atoms with Gasteiger partial charge >= 0.3 is 0 Å². The van der Waals surface area contributed by atoms with E-state index in [4.69, 9.17) is 10.5 Å². The predicted octanol–water partition coefficient (Wildman–Crippen LogP) is 2.24. The third kappa shape index (κ3) is 2.69. The Morgan fingerprint density at radius 3 is 2.67 bits per heavy atom. The Bertz CT molecular complexity index is 770. The molecule has 0 spiro atoms. The molecule has 1 aliphatic rings. The van der Waals surface area contributed by atoms with Gasteiger partial charge in [-0.15, -0.1) is 0 Å². The largest absolute Gasteiger partial charge is 0.494 e. The number of nitrogens with zero attached hydrogens (tertiary/aromatic N) is 3. The first-order valence-electron chi connectivity index (χ1n) is 6.59. The third-order valence-corrected chi connectivity index (χ3v) is 5.72. The first-order chi connectivity index (χ1) is 10.1. The normalized spacial score (nSPS) is 16.0. The second kappa shape index (κ2) is 5.33. The van der Waals surface area contributed by atoms with Crippen LogP contribution in [-0.4, -0.2) is 32.8 Å². The first-order valence-corrected chi connectivity index (χ1v) is 8.44. The van der Waals surface area contributed by atoms with Crippen LogP contribution in [-0.2, 0) is 9.73 Å². The number of aromatic nitrogens is 2. The van der Waals surface area contributed by atoms with Crippen molar-refractivity contribution in [2.75, 3.05) is 24.3 Å². The summed E-state index contributed by atoms with van der Waals surface area (Å²) in [6.07, 6.45) is 4.09. The molecule has 1 saturated heterocycles. The number of methoxy groups -OCH3 is 1. The highest BCUT2D eigenvalue weighted by Gasteiger charge is 2.19. The lowest BCUT2D eigenvalue weighted by Crippen LogP contribution is -2.23. The zero-order valence-electron chi connectivity index (χ0n) is 11.7. The number of para-hydroxylation sites is 1. The van der Waals surface area contributed by atoms with Crippen molar-refractivity contribution < 1.29 is 8.95 Å². The molecule has 1 fully saturated rings. The van der Waals surface area contributed by atoms with E-state index in [-0.39, 0.29) is 0 Å². The van der Waals surface area contributed by atoms with Crippen LogP contribution in [0.25, 0.3) is 11.3 Å². The molecule has 0 unspecified atom stereocenters. The van der Waals surface area contributed by atoms with Gasteiger partial charge in [-0.05, 0) is 18.6 Å². The molecule has 0 amide bonds. The van der Waals surface area contributed by atoms with Crippen LogP contribution in [0.5, 0.6) is 5.75 Å². The van der Waals surface area contributed by atoms with E-state index in [1.807, 2.05) is 12.1 Å². The van der Waals surface area contributed by atoms with Crippen molar-refractivity contribution in [3.05, 3.63) is 30.6 Å². The highest BCUT2D eigenvalue weighted by Crippen LogP contribution is 2.33. The Morgan fingerprint density at radius 1 is 1.29 bits per heavy atom. The van der Waals surface area contributed by atoms with Crippen LogP contribution in [0.4, 0.5) is 11.5 Å². The van der Waals surface area contributed by atoms with Crippen molar-refractivity contribution in [2.24, 2.45) is 4.36 Å². The molecule has 1 aromatic carbocycles. The minimum absolute atomic E-state index is 0.409. The molecule has 0 saturated carbocycles. The van der Waals surface area contributed by atoms with Crippen LogP contribution in [0.3, 0.4) is 0 Å². The molecular weight excluding hydrogens is 288 g/mol. The van der Waals surface area contributed by atoms with Crippen LogP contribution in [0.1, 0.15) is 6.42 Å². The van der Waals surface area contributed by atoms with E-state index in [1.165, 1.54) is 6.20 Å². The van der Waals surface area contributed by atoms with Crippen LogP contribution in [0.2, 0.25) is 0 Å². The van der Waals surface area contributed by atoms with Gasteiger partial charge in [0, 0.05) is 17.1 Å². The highest BCUT2D eigenvalue weighted by molar-refractivity contribution is 7.95. The Morgan fingerprint density at radius 2 is 2.10 bits per heavy atom. The Balaban J connectivity index is 1.97. The number of anilines is 1. The molecule has 0 aliphatic carbocycles. The summed E-state index contributed by atoms with van der Waals surface area (Å²) in [5, 5.41) is 0. The topological polar surface area (TPSA) is 90.5 Å². The highest BCUT2D eigenvalue weighted by atomic mass is 32.2. The molecule has 2 heterocycles. The minimum atomic E-state index is -2.06. The molecule has 0 atom stereocenters. The predicted molar refractivity (Wildman–Crippen MR) is 83.0 cm³/mol. The number of nitrogens with two attached hydrogens (primary N) is 1. The molecule has 1 aliphatic heterocycles. The summed E-state index contributed by atoms with van der Waals surface area (Å²) in [5.41, 5.74) is 7.83. The van der Waals surface area contributed by atoms with Crippen LogP contribution >= 0.6 is 0 Å². The summed E-state index contributed by atoms with van der Waals surface area (Å²) >= 11 is 0. The summed E-state index contributed by atoms with van der Waals surface area (Å²) in [6.45, 7) is 0. The van der Waals surface area contributed by atoms with Gasteiger partial charge < -0.3 is 10.5 Å². The van der Waals surface area contributed by atoms with Gasteiger partial charge in [-0.1, -0.05) is 6.07 Å². The number of hydrogen-bond donors (Lipinski definition) is 1. The summed E-state index contributed by atoms with van der Waals surface area (Å²) in [7, 11) is -0.498. The Hall–Kier alpha value is -2.15. The van der Waals surface area contributed by atoms with Gasteiger partial charge in [0.1, 0.15) is 0 Å². The van der Waals surface area contributed by atoms with Crippen molar-refractivity contribution in [3.8, 4) is 17.0 Å². The van der Waals surface area contributed by atoms with E-state index in [9.17, 15) is 4.21 Å². The fourth-order valence-corrected chi connectivity index (χ4v) is 3.55. The third-order valence-electron chi connectivity index (χ3n) is 3.35. The van der Waals surface area contributed by atoms with E-state index in [2.05, 4.69) is 14.3 Å². The summed E-state index contributed by atoms with van der Waals surface area (Å²) < 4.78 is 21.5. The Kier molecular flexibility index (Phi) is 3.50. The lowest BCUT2D eigenvalue weighted by atomic mass is 10.1. The summed E-state index contributed by atoms with van der Waals surface area (Å²) in [5.74, 6) is 2.28. The van der Waals surface area contributed by atoms with Gasteiger partial charge in [0.05, 0.1) is 40.6 Å². The lowest BCUT2D eigenvalue weighted by Gasteiger charge is -2.17. The molecule has 1 aromatic heterocycles. The number of benzene rings is 1. The second-order valence-corrected chi connectivity index (χ2v) is 7.36. The quantitative estimate of drug-likeness (QED) is 0.878. The molecule has 3 rings (SSSR count). The van der Waals surface area contributed by atoms with Gasteiger partial charge in [0.25, 0.3) is 0 Å². The van der Waals surface area contributed by atoms with E-state index < -0.39 is 9.73 Å². The van der Waals surface area contributed by atoms with Gasteiger partial charge in [-0.25, -0.2) is 9.19 Å². The van der Waals surface area contributed by atoms with Gasteiger partial charge in [0.2, 0.25) is 0 Å². The van der Waals surface area contributed by atoms with E-state index >= 15 is 0 Å². The molecule has 2 aromatic rings. The van der Waals surface area contributed by atoms with Crippen molar-refractivity contribution in [3.63, 3.8) is 0 Å². The summed E-state index contributed by atoms with van der Waals surface area (Å²) in [6, 6.07) is 5.46. The maximum atomic E-state index is 12.0. The zero-order chi connectivity index (χ0) is 14.9. The molecule has 0 bridgehead atoms. The van der Waals surface area contributed by atoms with Crippen LogP contribution in [0, 0.1) is 0 Å². The first kappa shape index (κ1) is 13.8. The van der Waals surface area contributed by atoms with E-state index in [0.29, 0.717) is 34.5 Å². The fourth-order valence-electron chi connectivity index (χ4n) is 2.14. The number of nitrogen functional groups attached to an aromatic ring is 1. The average Bonchev–Trinajstić information content (AvgIpc) is 2.46. The molecule has 21 heavy (non-hydrogen) atoms. The lowest BCUT2D eigenvalue weighted by molar-refractivity contribution is 0.418. The molecule has 0 radical (unpaired) electrons. The Labute approximate surface area is 123 Å². The summed E-state index contributed by atoms with van der Waals surface area (Å²) in [4.78, 5) is 8.55. The van der Waals surface area contributed by atoms with E-state index in [0.717, 1.165) is 12.0 Å². The van der Waals surface area contributed by atoms with Gasteiger partial charge in [0.15, 0.2) is 11.6 Å². The smallest absolute Gasteiger partial charge is 0.180 e. The van der Waals surface area contributed by atoms with Crippen molar-refractivity contribution in [1.29, 1.82) is 0 Å². The van der Waals surface area contributed by atoms with Gasteiger partial charge in [-0.2, -0.15) is 4.36 Å². The van der Waals surface area contributed by atoms with Crippen molar-refractivity contribution in [2.45, 2.75) is 6.42 Å². The molecule has 6 nitrogen and oxygen atoms in total. The minimum Gasteiger partial charge on any atom is -0.494 e. The monoisotopic (exact) mass is 304 g/mol. The molecule has 110 valence electrons. The maximum absolute atomic E-state index is 12.0. The fraction of sp³-hybridized carbons (Fsp3) is 0.286. The number of ether oxygens (including phenoxy) is 1. The van der Waals surface area contributed by atoms with Gasteiger partial charge in [-0.3, -0.25) is 4.98 Å².